The van der Waals surface area contributed by atoms with Crippen molar-refractivity contribution in [1.82, 2.24) is 25.1 Å². The standard InChI is InChI=1S/C19H15N5O2/c25-16-11-14(26-12-13-5-2-1-3-6-13)7-8-15(16)17-22-19(24-23-17)18-20-9-4-10-21-18/h1-11,25H,12H2,(H,22,23,24). The summed E-state index contributed by atoms with van der Waals surface area (Å²) >= 11 is 0. The monoisotopic (exact) mass is 345 g/mol. The van der Waals surface area contributed by atoms with E-state index in [4.69, 9.17) is 4.74 Å². The molecule has 0 unspecified atom stereocenters. The van der Waals surface area contributed by atoms with Crippen molar-refractivity contribution in [3.05, 3.63) is 72.6 Å². The van der Waals surface area contributed by atoms with E-state index < -0.39 is 0 Å². The average molecular weight is 345 g/mol. The van der Waals surface area contributed by atoms with Gasteiger partial charge in [-0.1, -0.05) is 30.3 Å². The maximum Gasteiger partial charge on any atom is 0.219 e. The minimum atomic E-state index is 0.0484. The lowest BCUT2D eigenvalue weighted by molar-refractivity contribution is 0.304. The van der Waals surface area contributed by atoms with Gasteiger partial charge in [0, 0.05) is 18.5 Å². The molecule has 7 nitrogen and oxygen atoms in total. The molecule has 0 atom stereocenters. The number of phenols is 1. The third kappa shape index (κ3) is 3.36. The Kier molecular flexibility index (Phi) is 4.26. The quantitative estimate of drug-likeness (QED) is 0.576. The van der Waals surface area contributed by atoms with Gasteiger partial charge >= 0.3 is 0 Å². The molecule has 4 aromatic rings. The van der Waals surface area contributed by atoms with Gasteiger partial charge in [-0.25, -0.2) is 15.0 Å². The number of aromatic amines is 1. The zero-order valence-electron chi connectivity index (χ0n) is 13.7. The number of aromatic hydroxyl groups is 1. The van der Waals surface area contributed by atoms with Crippen LogP contribution in [-0.2, 0) is 6.61 Å². The van der Waals surface area contributed by atoms with E-state index in [9.17, 15) is 5.11 Å². The van der Waals surface area contributed by atoms with Gasteiger partial charge in [-0.05, 0) is 23.8 Å². The molecule has 2 aromatic carbocycles. The normalized spacial score (nSPS) is 10.6. The van der Waals surface area contributed by atoms with Crippen LogP contribution in [0.15, 0.2) is 67.0 Å². The molecule has 0 bridgehead atoms. The van der Waals surface area contributed by atoms with Gasteiger partial charge in [-0.3, -0.25) is 5.10 Å². The molecule has 0 amide bonds. The maximum absolute atomic E-state index is 10.3. The molecule has 2 heterocycles. The number of phenolic OH excluding ortho intramolecular Hbond substituents is 1. The van der Waals surface area contributed by atoms with Crippen LogP contribution in [0.25, 0.3) is 23.0 Å². The Labute approximate surface area is 149 Å². The van der Waals surface area contributed by atoms with Crippen LogP contribution in [0.1, 0.15) is 5.56 Å². The molecular formula is C19H15N5O2. The van der Waals surface area contributed by atoms with Crippen LogP contribution in [0.5, 0.6) is 11.5 Å². The van der Waals surface area contributed by atoms with Gasteiger partial charge in [0.25, 0.3) is 0 Å². The third-order valence-corrected chi connectivity index (χ3v) is 3.72. The minimum Gasteiger partial charge on any atom is -0.507 e. The van der Waals surface area contributed by atoms with E-state index in [1.807, 2.05) is 30.3 Å². The number of hydrogen-bond donors (Lipinski definition) is 2. The van der Waals surface area contributed by atoms with E-state index in [1.54, 1.807) is 36.7 Å². The number of hydrogen-bond acceptors (Lipinski definition) is 6. The largest absolute Gasteiger partial charge is 0.507 e. The van der Waals surface area contributed by atoms with Crippen molar-refractivity contribution in [2.45, 2.75) is 6.61 Å². The molecule has 0 fully saturated rings. The topological polar surface area (TPSA) is 96.8 Å². The van der Waals surface area contributed by atoms with E-state index >= 15 is 0 Å². The highest BCUT2D eigenvalue weighted by Crippen LogP contribution is 2.31. The van der Waals surface area contributed by atoms with Crippen molar-refractivity contribution < 1.29 is 9.84 Å². The molecule has 0 aliphatic carbocycles. The molecule has 0 aliphatic rings. The lowest BCUT2D eigenvalue weighted by Crippen LogP contribution is -1.95. The Balaban J connectivity index is 1.52. The number of benzene rings is 2. The molecule has 0 radical (unpaired) electrons. The molecule has 2 N–H and O–H groups in total. The van der Waals surface area contributed by atoms with Crippen molar-refractivity contribution in [1.29, 1.82) is 0 Å². The molecule has 26 heavy (non-hydrogen) atoms. The highest BCUT2D eigenvalue weighted by molar-refractivity contribution is 5.66. The second-order valence-corrected chi connectivity index (χ2v) is 5.53. The molecule has 7 heteroatoms. The van der Waals surface area contributed by atoms with Gasteiger partial charge in [-0.15, -0.1) is 5.10 Å². The fourth-order valence-electron chi connectivity index (χ4n) is 2.44. The smallest absolute Gasteiger partial charge is 0.219 e. The summed E-state index contributed by atoms with van der Waals surface area (Å²) in [6.07, 6.45) is 3.24. The summed E-state index contributed by atoms with van der Waals surface area (Å²) in [7, 11) is 0. The lowest BCUT2D eigenvalue weighted by atomic mass is 10.2. The maximum atomic E-state index is 10.3. The van der Waals surface area contributed by atoms with Crippen LogP contribution in [0.3, 0.4) is 0 Å². The van der Waals surface area contributed by atoms with Gasteiger partial charge in [-0.2, -0.15) is 0 Å². The summed E-state index contributed by atoms with van der Waals surface area (Å²) in [5.41, 5.74) is 1.57. The van der Waals surface area contributed by atoms with Gasteiger partial charge in [0.05, 0.1) is 5.56 Å². The average Bonchev–Trinajstić information content (AvgIpc) is 3.18. The van der Waals surface area contributed by atoms with Crippen molar-refractivity contribution in [2.75, 3.05) is 0 Å². The zero-order chi connectivity index (χ0) is 17.8. The highest BCUT2D eigenvalue weighted by atomic mass is 16.5. The first-order valence-electron chi connectivity index (χ1n) is 7.99. The van der Waals surface area contributed by atoms with Crippen molar-refractivity contribution in [3.8, 4) is 34.5 Å². The molecule has 0 saturated carbocycles. The van der Waals surface area contributed by atoms with Crippen molar-refractivity contribution in [2.24, 2.45) is 0 Å². The first-order valence-corrected chi connectivity index (χ1v) is 7.99. The number of ether oxygens (including phenoxy) is 1. The summed E-state index contributed by atoms with van der Waals surface area (Å²) in [6.45, 7) is 0.428. The van der Waals surface area contributed by atoms with E-state index in [-0.39, 0.29) is 5.75 Å². The molecule has 2 aromatic heterocycles. The van der Waals surface area contributed by atoms with Crippen LogP contribution in [-0.4, -0.2) is 30.3 Å². The van der Waals surface area contributed by atoms with E-state index in [0.29, 0.717) is 35.4 Å². The van der Waals surface area contributed by atoms with Crippen molar-refractivity contribution in [3.63, 3.8) is 0 Å². The lowest BCUT2D eigenvalue weighted by Gasteiger charge is -2.08. The predicted molar refractivity (Wildman–Crippen MR) is 95.3 cm³/mol. The Hall–Kier alpha value is -3.74. The molecule has 0 spiro atoms. The first-order chi connectivity index (χ1) is 12.8. The Morgan fingerprint density at radius 3 is 2.50 bits per heavy atom. The Morgan fingerprint density at radius 1 is 0.923 bits per heavy atom. The highest BCUT2D eigenvalue weighted by Gasteiger charge is 2.13. The van der Waals surface area contributed by atoms with Crippen LogP contribution >= 0.6 is 0 Å². The summed E-state index contributed by atoms with van der Waals surface area (Å²) in [5, 5.41) is 17.2. The molecule has 0 saturated heterocycles. The fraction of sp³-hybridized carbons (Fsp3) is 0.0526. The van der Waals surface area contributed by atoms with Crippen molar-refractivity contribution >= 4 is 0 Å². The third-order valence-electron chi connectivity index (χ3n) is 3.72. The second-order valence-electron chi connectivity index (χ2n) is 5.53. The number of H-pyrrole nitrogens is 1. The van der Waals surface area contributed by atoms with Gasteiger partial charge < -0.3 is 9.84 Å². The van der Waals surface area contributed by atoms with Gasteiger partial charge in [0.1, 0.15) is 18.1 Å². The number of nitrogens with one attached hydrogen (secondary N) is 1. The summed E-state index contributed by atoms with van der Waals surface area (Å²) < 4.78 is 5.71. The van der Waals surface area contributed by atoms with E-state index in [2.05, 4.69) is 25.1 Å². The number of rotatable bonds is 5. The summed E-state index contributed by atoms with van der Waals surface area (Å²) in [4.78, 5) is 12.6. The number of aromatic nitrogens is 5. The van der Waals surface area contributed by atoms with Crippen LogP contribution < -0.4 is 4.74 Å². The minimum absolute atomic E-state index is 0.0484. The summed E-state index contributed by atoms with van der Waals surface area (Å²) in [6, 6.07) is 16.6. The number of nitrogens with zero attached hydrogens (tertiary/aromatic N) is 4. The first kappa shape index (κ1) is 15.8. The molecular weight excluding hydrogens is 330 g/mol. The molecule has 0 aliphatic heterocycles. The van der Waals surface area contributed by atoms with E-state index in [1.165, 1.54) is 0 Å². The molecule has 4 rings (SSSR count). The SMILES string of the molecule is Oc1cc(OCc2ccccc2)ccc1-c1nc(-c2ncccn2)n[nH]1. The van der Waals surface area contributed by atoms with E-state index in [0.717, 1.165) is 5.56 Å². The fourth-order valence-corrected chi connectivity index (χ4v) is 2.44. The van der Waals surface area contributed by atoms with Crippen LogP contribution in [0.2, 0.25) is 0 Å². The Morgan fingerprint density at radius 2 is 1.73 bits per heavy atom. The Bertz CT molecular complexity index is 1000. The zero-order valence-corrected chi connectivity index (χ0v) is 13.7. The van der Waals surface area contributed by atoms with Gasteiger partial charge in [0.15, 0.2) is 11.6 Å². The summed E-state index contributed by atoms with van der Waals surface area (Å²) in [5.74, 6) is 1.83. The predicted octanol–water partition coefficient (Wildman–Crippen LogP) is 3.21. The van der Waals surface area contributed by atoms with Crippen LogP contribution in [0.4, 0.5) is 0 Å². The van der Waals surface area contributed by atoms with Gasteiger partial charge in [0.2, 0.25) is 5.82 Å². The molecule has 128 valence electrons. The van der Waals surface area contributed by atoms with Crippen LogP contribution in [0, 0.1) is 0 Å². The second kappa shape index (κ2) is 7.02.